The molecule has 8 nitrogen and oxygen atoms in total. The van der Waals surface area contributed by atoms with Gasteiger partial charge >= 0.3 is 6.18 Å². The number of carbonyl (C=O) groups is 2. The number of aryl methyl sites for hydroxylation is 1. The van der Waals surface area contributed by atoms with Gasteiger partial charge in [0.2, 0.25) is 0 Å². The van der Waals surface area contributed by atoms with Crippen LogP contribution in [0, 0.1) is 6.92 Å². The first-order chi connectivity index (χ1) is 17.0. The van der Waals surface area contributed by atoms with Crippen LogP contribution in [0.5, 0.6) is 0 Å². The Morgan fingerprint density at radius 2 is 2.06 bits per heavy atom. The van der Waals surface area contributed by atoms with E-state index in [0.717, 1.165) is 24.2 Å². The Bertz CT molecular complexity index is 1140. The molecule has 0 radical (unpaired) electrons. The zero-order valence-corrected chi connectivity index (χ0v) is 21.2. The highest BCUT2D eigenvalue weighted by molar-refractivity contribution is 7.17. The number of thiazole rings is 1. The predicted octanol–water partition coefficient (Wildman–Crippen LogP) is 4.14. The number of nitrogens with zero attached hydrogens (tertiary/aromatic N) is 3. The normalized spacial score (nSPS) is 22.8. The number of pyridine rings is 1. The Labute approximate surface area is 211 Å². The van der Waals surface area contributed by atoms with Gasteiger partial charge in [0, 0.05) is 24.3 Å². The Morgan fingerprint density at radius 3 is 2.58 bits per heavy atom. The SMILES string of the molecule is CC[C@H](Nc1cc(C)c(-c2sc(C(=O)N[C@H]3CC[C@@H]3O)nc2C(=O)N2CCC[C@@H]2C)cn1)C(F)(F)F. The Balaban J connectivity index is 1.67. The number of aromatic nitrogens is 2. The quantitative estimate of drug-likeness (QED) is 0.502. The summed E-state index contributed by atoms with van der Waals surface area (Å²) in [4.78, 5) is 37.0. The fourth-order valence-electron chi connectivity index (χ4n) is 4.46. The number of hydrogen-bond acceptors (Lipinski definition) is 7. The summed E-state index contributed by atoms with van der Waals surface area (Å²) < 4.78 is 39.6. The molecule has 0 unspecified atom stereocenters. The second kappa shape index (κ2) is 10.3. The van der Waals surface area contributed by atoms with Gasteiger partial charge in [-0.3, -0.25) is 9.59 Å². The van der Waals surface area contributed by atoms with Crippen LogP contribution in [-0.2, 0) is 0 Å². The van der Waals surface area contributed by atoms with Crippen molar-refractivity contribution in [3.8, 4) is 10.4 Å². The summed E-state index contributed by atoms with van der Waals surface area (Å²) in [6.07, 6.45) is -0.732. The molecule has 0 spiro atoms. The summed E-state index contributed by atoms with van der Waals surface area (Å²) in [5, 5.41) is 15.1. The number of halogens is 3. The lowest BCUT2D eigenvalue weighted by Gasteiger charge is -2.32. The largest absolute Gasteiger partial charge is 0.408 e. The van der Waals surface area contributed by atoms with E-state index >= 15 is 0 Å². The average Bonchev–Trinajstić information content (AvgIpc) is 3.45. The van der Waals surface area contributed by atoms with E-state index < -0.39 is 24.2 Å². The van der Waals surface area contributed by atoms with Crippen LogP contribution in [0.1, 0.15) is 71.8 Å². The van der Waals surface area contributed by atoms with Gasteiger partial charge in [0.15, 0.2) is 5.01 Å². The van der Waals surface area contributed by atoms with E-state index in [1.54, 1.807) is 11.8 Å². The lowest BCUT2D eigenvalue weighted by molar-refractivity contribution is -0.142. The van der Waals surface area contributed by atoms with Gasteiger partial charge in [-0.2, -0.15) is 13.2 Å². The van der Waals surface area contributed by atoms with Gasteiger partial charge in [-0.05, 0) is 57.6 Å². The van der Waals surface area contributed by atoms with Crippen molar-refractivity contribution >= 4 is 29.0 Å². The molecule has 1 saturated heterocycles. The third-order valence-electron chi connectivity index (χ3n) is 6.87. The third kappa shape index (κ3) is 5.34. The van der Waals surface area contributed by atoms with E-state index in [1.165, 1.54) is 19.2 Å². The molecule has 196 valence electrons. The number of amides is 2. The molecule has 2 amide bonds. The Hall–Kier alpha value is -2.73. The van der Waals surface area contributed by atoms with Crippen molar-refractivity contribution in [2.24, 2.45) is 0 Å². The summed E-state index contributed by atoms with van der Waals surface area (Å²) in [5.41, 5.74) is 1.24. The van der Waals surface area contributed by atoms with Crippen LogP contribution in [0.2, 0.25) is 0 Å². The number of alkyl halides is 3. The maximum Gasteiger partial charge on any atom is 0.408 e. The van der Waals surface area contributed by atoms with E-state index in [2.05, 4.69) is 20.6 Å². The van der Waals surface area contributed by atoms with Gasteiger partial charge in [-0.15, -0.1) is 11.3 Å². The molecule has 1 aliphatic heterocycles. The molecular formula is C24H30F3N5O3S. The number of anilines is 1. The lowest BCUT2D eigenvalue weighted by atomic mass is 9.89. The maximum atomic E-state index is 13.4. The minimum absolute atomic E-state index is 0.0357. The van der Waals surface area contributed by atoms with Crippen LogP contribution < -0.4 is 10.6 Å². The summed E-state index contributed by atoms with van der Waals surface area (Å²) in [6, 6.07) is -0.546. The van der Waals surface area contributed by atoms with Gasteiger partial charge < -0.3 is 20.6 Å². The number of rotatable bonds is 7. The van der Waals surface area contributed by atoms with E-state index in [9.17, 15) is 27.9 Å². The minimum atomic E-state index is -4.41. The van der Waals surface area contributed by atoms with Crippen molar-refractivity contribution in [2.75, 3.05) is 11.9 Å². The third-order valence-corrected chi connectivity index (χ3v) is 7.96. The molecule has 3 heterocycles. The molecule has 1 saturated carbocycles. The van der Waals surface area contributed by atoms with Crippen LogP contribution in [0.4, 0.5) is 19.0 Å². The highest BCUT2D eigenvalue weighted by Gasteiger charge is 2.39. The van der Waals surface area contributed by atoms with Crippen LogP contribution in [-0.4, -0.2) is 68.7 Å². The van der Waals surface area contributed by atoms with E-state index in [0.29, 0.717) is 35.4 Å². The molecular weight excluding hydrogens is 495 g/mol. The van der Waals surface area contributed by atoms with Crippen molar-refractivity contribution in [3.05, 3.63) is 28.5 Å². The molecule has 4 rings (SSSR count). The minimum Gasteiger partial charge on any atom is -0.391 e. The van der Waals surface area contributed by atoms with Gasteiger partial charge in [0.05, 0.1) is 17.0 Å². The molecule has 36 heavy (non-hydrogen) atoms. The highest BCUT2D eigenvalue weighted by Crippen LogP contribution is 2.36. The van der Waals surface area contributed by atoms with E-state index in [4.69, 9.17) is 0 Å². The first-order valence-electron chi connectivity index (χ1n) is 12.1. The van der Waals surface area contributed by atoms with Crippen LogP contribution in [0.3, 0.4) is 0 Å². The smallest absolute Gasteiger partial charge is 0.391 e. The molecule has 2 fully saturated rings. The number of aliphatic hydroxyl groups excluding tert-OH is 1. The van der Waals surface area contributed by atoms with Crippen LogP contribution in [0.25, 0.3) is 10.4 Å². The molecule has 1 aliphatic carbocycles. The fraction of sp³-hybridized carbons (Fsp3) is 0.583. The lowest BCUT2D eigenvalue weighted by Crippen LogP contribution is -2.50. The zero-order chi connectivity index (χ0) is 26.2. The first kappa shape index (κ1) is 26.3. The summed E-state index contributed by atoms with van der Waals surface area (Å²) in [6.45, 7) is 5.70. The van der Waals surface area contributed by atoms with Crippen molar-refractivity contribution in [1.29, 1.82) is 0 Å². The van der Waals surface area contributed by atoms with Crippen LogP contribution in [0.15, 0.2) is 12.3 Å². The van der Waals surface area contributed by atoms with E-state index in [-0.39, 0.29) is 40.9 Å². The predicted molar refractivity (Wildman–Crippen MR) is 130 cm³/mol. The average molecular weight is 526 g/mol. The molecule has 3 N–H and O–H groups in total. The van der Waals surface area contributed by atoms with Crippen molar-refractivity contribution in [2.45, 2.75) is 83.3 Å². The number of likely N-dealkylation sites (tertiary alicyclic amines) is 1. The second-order valence-electron chi connectivity index (χ2n) is 9.44. The fourth-order valence-corrected chi connectivity index (χ4v) is 5.50. The number of nitrogens with one attached hydrogen (secondary N) is 2. The van der Waals surface area contributed by atoms with Crippen molar-refractivity contribution in [1.82, 2.24) is 20.2 Å². The first-order valence-corrected chi connectivity index (χ1v) is 12.9. The second-order valence-corrected chi connectivity index (χ2v) is 10.4. The van der Waals surface area contributed by atoms with Crippen molar-refractivity contribution < 1.29 is 27.9 Å². The molecule has 2 aromatic heterocycles. The summed E-state index contributed by atoms with van der Waals surface area (Å²) in [7, 11) is 0. The maximum absolute atomic E-state index is 13.4. The Kier molecular flexibility index (Phi) is 7.56. The Morgan fingerprint density at radius 1 is 1.31 bits per heavy atom. The highest BCUT2D eigenvalue weighted by atomic mass is 32.1. The van der Waals surface area contributed by atoms with Gasteiger partial charge in [0.1, 0.15) is 17.6 Å². The van der Waals surface area contributed by atoms with Gasteiger partial charge in [0.25, 0.3) is 11.8 Å². The molecule has 0 bridgehead atoms. The summed E-state index contributed by atoms with van der Waals surface area (Å²) in [5.74, 6) is -0.694. The zero-order valence-electron chi connectivity index (χ0n) is 20.4. The number of hydrogen-bond donors (Lipinski definition) is 3. The molecule has 12 heteroatoms. The van der Waals surface area contributed by atoms with Gasteiger partial charge in [-0.25, -0.2) is 9.97 Å². The van der Waals surface area contributed by atoms with Crippen molar-refractivity contribution in [3.63, 3.8) is 0 Å². The number of aliphatic hydroxyl groups is 1. The summed E-state index contributed by atoms with van der Waals surface area (Å²) >= 11 is 1.04. The molecule has 0 aromatic carbocycles. The molecule has 2 aliphatic rings. The topological polar surface area (TPSA) is 107 Å². The standard InChI is InChI=1S/C24H30F3N5O3S/c1-4-17(24(25,26)27)30-18-10-12(2)14(11-28-18)20-19(23(35)32-9-5-6-13(32)3)31-22(36-20)21(34)29-15-7-8-16(15)33/h10-11,13,15-17,33H,4-9H2,1-3H3,(H,28,30)(H,29,34)/t13-,15-,16-,17-/m0/s1. The monoisotopic (exact) mass is 525 g/mol. The number of carbonyl (C=O) groups excluding carboxylic acids is 2. The van der Waals surface area contributed by atoms with Gasteiger partial charge in [-0.1, -0.05) is 6.92 Å². The van der Waals surface area contributed by atoms with Crippen LogP contribution >= 0.6 is 11.3 Å². The van der Waals surface area contributed by atoms with E-state index in [1.807, 2.05) is 6.92 Å². The molecule has 2 aromatic rings. The molecule has 4 atom stereocenters.